The van der Waals surface area contributed by atoms with Crippen LogP contribution in [0.15, 0.2) is 58.4 Å². The van der Waals surface area contributed by atoms with Crippen molar-refractivity contribution >= 4 is 0 Å². The number of rotatable bonds is 3. The van der Waals surface area contributed by atoms with Crippen LogP contribution in [-0.4, -0.2) is 9.13 Å². The van der Waals surface area contributed by atoms with Crippen molar-refractivity contribution in [2.45, 2.75) is 13.5 Å². The third kappa shape index (κ3) is 2.54. The van der Waals surface area contributed by atoms with Crippen LogP contribution in [-0.2, 0) is 6.54 Å². The topological polar surface area (TPSA) is 44.0 Å². The number of nitrogens with zero attached hydrogens (tertiary/aromatic N) is 2. The van der Waals surface area contributed by atoms with E-state index in [4.69, 9.17) is 0 Å². The predicted octanol–water partition coefficient (Wildman–Crippen LogP) is 1.71. The van der Waals surface area contributed by atoms with E-state index in [1.54, 1.807) is 13.0 Å². The van der Waals surface area contributed by atoms with Crippen LogP contribution in [0.25, 0.3) is 5.69 Å². The largest absolute Gasteiger partial charge is 0.321 e. The third-order valence-electron chi connectivity index (χ3n) is 2.61. The molecule has 1 heterocycles. The maximum Gasteiger partial charge on any atom is 0.321 e. The molecule has 0 N–H and O–H groups in total. The lowest BCUT2D eigenvalue weighted by Gasteiger charge is -2.09. The fourth-order valence-electron chi connectivity index (χ4n) is 1.76. The highest BCUT2D eigenvalue weighted by atomic mass is 19.1. The summed E-state index contributed by atoms with van der Waals surface area (Å²) in [5.41, 5.74) is -0.667. The molecule has 0 radical (unpaired) electrons. The molecule has 0 saturated heterocycles. The first-order chi connectivity index (χ1) is 9.00. The van der Waals surface area contributed by atoms with Crippen LogP contribution in [0, 0.1) is 5.82 Å². The number of aromatic nitrogens is 2. The van der Waals surface area contributed by atoms with E-state index >= 15 is 0 Å². The summed E-state index contributed by atoms with van der Waals surface area (Å²) in [5.74, 6) is -0.554. The normalized spacial score (nSPS) is 10.4. The average molecular weight is 260 g/mol. The van der Waals surface area contributed by atoms with Crippen molar-refractivity contribution in [1.82, 2.24) is 9.13 Å². The molecule has 0 spiro atoms. The molecule has 0 aliphatic rings. The summed E-state index contributed by atoms with van der Waals surface area (Å²) in [4.78, 5) is 23.8. The van der Waals surface area contributed by atoms with Crippen LogP contribution in [0.3, 0.4) is 0 Å². The highest BCUT2D eigenvalue weighted by Crippen LogP contribution is 2.09. The van der Waals surface area contributed by atoms with Crippen LogP contribution >= 0.6 is 0 Å². The molecular weight excluding hydrogens is 247 g/mol. The summed E-state index contributed by atoms with van der Waals surface area (Å²) in [6.45, 7) is 5.72. The van der Waals surface area contributed by atoms with Gasteiger partial charge in [-0.3, -0.25) is 14.2 Å². The molecule has 0 amide bonds. The van der Waals surface area contributed by atoms with Gasteiger partial charge in [0.1, 0.15) is 5.82 Å². The molecule has 5 heteroatoms. The van der Waals surface area contributed by atoms with Gasteiger partial charge in [-0.05, 0) is 19.1 Å². The second-order valence-corrected chi connectivity index (χ2v) is 4.31. The van der Waals surface area contributed by atoms with Gasteiger partial charge in [-0.2, -0.15) is 0 Å². The summed E-state index contributed by atoms with van der Waals surface area (Å²) in [6.07, 6.45) is 2.83. The molecule has 1 aromatic heterocycles. The molecule has 0 fully saturated rings. The minimum absolute atomic E-state index is 0.0621. The summed E-state index contributed by atoms with van der Waals surface area (Å²) >= 11 is 0. The van der Waals surface area contributed by atoms with Crippen molar-refractivity contribution in [2.24, 2.45) is 0 Å². The Morgan fingerprint density at radius 3 is 2.53 bits per heavy atom. The Kier molecular flexibility index (Phi) is 3.46. The Balaban J connectivity index is 2.60. The zero-order valence-electron chi connectivity index (χ0n) is 10.5. The second kappa shape index (κ2) is 5.06. The first-order valence-electron chi connectivity index (χ1n) is 5.72. The van der Waals surface area contributed by atoms with E-state index in [1.165, 1.54) is 35.2 Å². The van der Waals surface area contributed by atoms with E-state index in [1.807, 2.05) is 0 Å². The standard InChI is InChI=1S/C14H13FN2O2/c1-10(2)9-16-7-8-17(14(19)13(16)18)12-6-4-3-5-11(12)15/h3-8H,1,9H2,2H3. The van der Waals surface area contributed by atoms with E-state index < -0.39 is 16.9 Å². The quantitative estimate of drug-likeness (QED) is 0.623. The van der Waals surface area contributed by atoms with Gasteiger partial charge in [-0.15, -0.1) is 0 Å². The molecule has 0 saturated carbocycles. The molecule has 0 bridgehead atoms. The first kappa shape index (κ1) is 13.0. The van der Waals surface area contributed by atoms with E-state index in [0.29, 0.717) is 0 Å². The smallest absolute Gasteiger partial charge is 0.305 e. The average Bonchev–Trinajstić information content (AvgIpc) is 2.36. The zero-order chi connectivity index (χ0) is 14.0. The lowest BCUT2D eigenvalue weighted by atomic mass is 10.3. The maximum absolute atomic E-state index is 13.6. The van der Waals surface area contributed by atoms with Gasteiger partial charge in [0.2, 0.25) is 0 Å². The van der Waals surface area contributed by atoms with E-state index in [2.05, 4.69) is 6.58 Å². The molecule has 4 nitrogen and oxygen atoms in total. The Labute approximate surface area is 109 Å². The van der Waals surface area contributed by atoms with E-state index in [-0.39, 0.29) is 12.2 Å². The predicted molar refractivity (Wildman–Crippen MR) is 71.1 cm³/mol. The Morgan fingerprint density at radius 1 is 1.21 bits per heavy atom. The second-order valence-electron chi connectivity index (χ2n) is 4.31. The van der Waals surface area contributed by atoms with Crippen molar-refractivity contribution in [3.8, 4) is 5.69 Å². The van der Waals surface area contributed by atoms with E-state index in [9.17, 15) is 14.0 Å². The van der Waals surface area contributed by atoms with Crippen molar-refractivity contribution in [1.29, 1.82) is 0 Å². The van der Waals surface area contributed by atoms with Crippen LogP contribution in [0.5, 0.6) is 0 Å². The van der Waals surface area contributed by atoms with Gasteiger partial charge in [-0.1, -0.05) is 24.3 Å². The molecule has 19 heavy (non-hydrogen) atoms. The molecule has 0 aliphatic carbocycles. The van der Waals surface area contributed by atoms with Gasteiger partial charge in [-0.25, -0.2) is 4.39 Å². The van der Waals surface area contributed by atoms with Crippen LogP contribution in [0.2, 0.25) is 0 Å². The lowest BCUT2D eigenvalue weighted by Crippen LogP contribution is -2.40. The van der Waals surface area contributed by atoms with Gasteiger partial charge in [0, 0.05) is 18.9 Å². The number of hydrogen-bond acceptors (Lipinski definition) is 2. The molecule has 0 atom stereocenters. The highest BCUT2D eigenvalue weighted by molar-refractivity contribution is 5.33. The molecule has 1 aromatic carbocycles. The summed E-state index contributed by atoms with van der Waals surface area (Å²) in [5, 5.41) is 0. The fraction of sp³-hybridized carbons (Fsp3) is 0.143. The summed E-state index contributed by atoms with van der Waals surface area (Å²) in [7, 11) is 0. The number of allylic oxidation sites excluding steroid dienone is 1. The zero-order valence-corrected chi connectivity index (χ0v) is 10.5. The molecule has 98 valence electrons. The van der Waals surface area contributed by atoms with Gasteiger partial charge in [0.25, 0.3) is 0 Å². The van der Waals surface area contributed by atoms with E-state index in [0.717, 1.165) is 10.1 Å². The summed E-state index contributed by atoms with van der Waals surface area (Å²) in [6, 6.07) is 5.80. The van der Waals surface area contributed by atoms with Crippen LogP contribution < -0.4 is 11.1 Å². The Bertz CT molecular complexity index is 744. The van der Waals surface area contributed by atoms with Gasteiger partial charge >= 0.3 is 11.1 Å². The van der Waals surface area contributed by atoms with Crippen LogP contribution in [0.1, 0.15) is 6.92 Å². The first-order valence-corrected chi connectivity index (χ1v) is 5.72. The molecule has 0 unspecified atom stereocenters. The summed E-state index contributed by atoms with van der Waals surface area (Å²) < 4.78 is 15.9. The fourth-order valence-corrected chi connectivity index (χ4v) is 1.76. The maximum atomic E-state index is 13.6. The minimum atomic E-state index is -0.783. The lowest BCUT2D eigenvalue weighted by molar-refractivity contribution is 0.612. The molecular formula is C14H13FN2O2. The van der Waals surface area contributed by atoms with Gasteiger partial charge < -0.3 is 4.57 Å². The van der Waals surface area contributed by atoms with Crippen molar-refractivity contribution in [3.05, 3.63) is 75.3 Å². The number of halogens is 1. The van der Waals surface area contributed by atoms with Crippen molar-refractivity contribution in [3.63, 3.8) is 0 Å². The molecule has 0 aliphatic heterocycles. The number of hydrogen-bond donors (Lipinski definition) is 0. The van der Waals surface area contributed by atoms with Gasteiger partial charge in [0.15, 0.2) is 0 Å². The SMILES string of the molecule is C=C(C)Cn1ccn(-c2ccccc2F)c(=O)c1=O. The monoisotopic (exact) mass is 260 g/mol. The van der Waals surface area contributed by atoms with Crippen LogP contribution in [0.4, 0.5) is 4.39 Å². The number of benzene rings is 1. The number of para-hydroxylation sites is 1. The van der Waals surface area contributed by atoms with Crippen molar-refractivity contribution in [2.75, 3.05) is 0 Å². The minimum Gasteiger partial charge on any atom is -0.305 e. The Hall–Kier alpha value is -2.43. The molecule has 2 rings (SSSR count). The Morgan fingerprint density at radius 2 is 1.89 bits per heavy atom. The highest BCUT2D eigenvalue weighted by Gasteiger charge is 2.09. The third-order valence-corrected chi connectivity index (χ3v) is 2.61. The van der Waals surface area contributed by atoms with Gasteiger partial charge in [0.05, 0.1) is 5.69 Å². The molecule has 2 aromatic rings. The van der Waals surface area contributed by atoms with Crippen molar-refractivity contribution < 1.29 is 4.39 Å².